The molecular weight excluding hydrogens is 349 g/mol. The Hall–Kier alpha value is -3.41. The van der Waals surface area contributed by atoms with Crippen LogP contribution in [0.4, 0.5) is 4.39 Å². The molecule has 5 nitrogen and oxygen atoms in total. The molecule has 3 aromatic rings. The van der Waals surface area contributed by atoms with Crippen LogP contribution in [-0.2, 0) is 9.53 Å². The van der Waals surface area contributed by atoms with E-state index in [1.165, 1.54) is 24.3 Å². The van der Waals surface area contributed by atoms with Crippen molar-refractivity contribution in [2.45, 2.75) is 0 Å². The maximum Gasteiger partial charge on any atom is 0.325 e. The zero-order chi connectivity index (χ0) is 19.1. The largest absolute Gasteiger partial charge is 0.490 e. The van der Waals surface area contributed by atoms with Crippen LogP contribution in [0.3, 0.4) is 0 Å². The molecule has 0 saturated carbocycles. The summed E-state index contributed by atoms with van der Waals surface area (Å²) in [6.07, 6.45) is 0. The lowest BCUT2D eigenvalue weighted by atomic mass is 10.1. The first kappa shape index (κ1) is 18.4. The Labute approximate surface area is 155 Å². The van der Waals surface area contributed by atoms with Crippen molar-refractivity contribution >= 4 is 22.6 Å². The molecule has 0 aromatic heterocycles. The van der Waals surface area contributed by atoms with Crippen molar-refractivity contribution in [3.05, 3.63) is 78.1 Å². The number of esters is 1. The fraction of sp³-hybridized carbons (Fsp3) is 0.143. The monoisotopic (exact) mass is 367 g/mol. The summed E-state index contributed by atoms with van der Waals surface area (Å²) in [6.45, 7) is -0.0692. The number of nitrogens with one attached hydrogen (secondary N) is 1. The fourth-order valence-electron chi connectivity index (χ4n) is 2.48. The van der Waals surface area contributed by atoms with Crippen molar-refractivity contribution in [2.75, 3.05) is 19.8 Å². The molecule has 138 valence electrons. The van der Waals surface area contributed by atoms with Crippen molar-refractivity contribution in [2.24, 2.45) is 0 Å². The van der Waals surface area contributed by atoms with E-state index in [1.807, 2.05) is 30.3 Å². The summed E-state index contributed by atoms with van der Waals surface area (Å²) in [4.78, 5) is 23.9. The van der Waals surface area contributed by atoms with Crippen LogP contribution in [0.5, 0.6) is 5.75 Å². The molecule has 0 heterocycles. The second kappa shape index (κ2) is 8.80. The summed E-state index contributed by atoms with van der Waals surface area (Å²) < 4.78 is 23.1. The maximum atomic E-state index is 12.8. The van der Waals surface area contributed by atoms with Gasteiger partial charge in [-0.3, -0.25) is 9.59 Å². The second-order valence-corrected chi connectivity index (χ2v) is 5.77. The third kappa shape index (κ3) is 5.28. The highest BCUT2D eigenvalue weighted by Gasteiger charge is 2.09. The van der Waals surface area contributed by atoms with Gasteiger partial charge in [-0.1, -0.05) is 30.3 Å². The van der Waals surface area contributed by atoms with Crippen molar-refractivity contribution in [3.8, 4) is 5.75 Å². The number of benzene rings is 3. The number of rotatable bonds is 7. The minimum absolute atomic E-state index is 0.0298. The molecule has 6 heteroatoms. The number of carbonyl (C=O) groups excluding carboxylic acids is 2. The van der Waals surface area contributed by atoms with Crippen LogP contribution < -0.4 is 10.1 Å². The highest BCUT2D eigenvalue weighted by atomic mass is 19.1. The second-order valence-electron chi connectivity index (χ2n) is 5.77. The molecule has 0 aliphatic rings. The number of ether oxygens (including phenoxy) is 2. The Morgan fingerprint density at radius 2 is 1.63 bits per heavy atom. The SMILES string of the molecule is O=C(CNC(=O)c1ccc2ccccc2c1)OCCOc1ccc(F)cc1. The van der Waals surface area contributed by atoms with Gasteiger partial charge in [-0.2, -0.15) is 0 Å². The lowest BCUT2D eigenvalue weighted by Gasteiger charge is -2.08. The number of amides is 1. The number of halogens is 1. The van der Waals surface area contributed by atoms with E-state index in [0.717, 1.165) is 10.8 Å². The summed E-state index contributed by atoms with van der Waals surface area (Å²) in [7, 11) is 0. The van der Waals surface area contributed by atoms with Crippen molar-refractivity contribution in [3.63, 3.8) is 0 Å². The van der Waals surface area contributed by atoms with Crippen molar-refractivity contribution in [1.82, 2.24) is 5.32 Å². The maximum absolute atomic E-state index is 12.8. The van der Waals surface area contributed by atoms with E-state index in [0.29, 0.717) is 11.3 Å². The van der Waals surface area contributed by atoms with Crippen LogP contribution >= 0.6 is 0 Å². The molecule has 0 spiro atoms. The van der Waals surface area contributed by atoms with Crippen LogP contribution in [-0.4, -0.2) is 31.6 Å². The van der Waals surface area contributed by atoms with Gasteiger partial charge in [0.2, 0.25) is 0 Å². The zero-order valence-electron chi connectivity index (χ0n) is 14.5. The van der Waals surface area contributed by atoms with Crippen LogP contribution in [0, 0.1) is 5.82 Å². The van der Waals surface area contributed by atoms with Gasteiger partial charge >= 0.3 is 5.97 Å². The summed E-state index contributed by atoms with van der Waals surface area (Å²) in [6, 6.07) is 18.6. The van der Waals surface area contributed by atoms with E-state index in [4.69, 9.17) is 9.47 Å². The topological polar surface area (TPSA) is 64.6 Å². The van der Waals surface area contributed by atoms with E-state index >= 15 is 0 Å². The van der Waals surface area contributed by atoms with Crippen molar-refractivity contribution < 1.29 is 23.5 Å². The van der Waals surface area contributed by atoms with Gasteiger partial charge in [0.1, 0.15) is 31.3 Å². The average Bonchev–Trinajstić information content (AvgIpc) is 2.70. The minimum atomic E-state index is -0.563. The molecule has 1 amide bonds. The highest BCUT2D eigenvalue weighted by molar-refractivity contribution is 5.99. The first-order valence-electron chi connectivity index (χ1n) is 8.43. The average molecular weight is 367 g/mol. The van der Waals surface area contributed by atoms with E-state index in [1.54, 1.807) is 12.1 Å². The molecule has 0 unspecified atom stereocenters. The Morgan fingerprint density at radius 1 is 0.889 bits per heavy atom. The van der Waals surface area contributed by atoms with Crippen LogP contribution in [0.15, 0.2) is 66.7 Å². The molecule has 0 atom stereocenters. The van der Waals surface area contributed by atoms with Gasteiger partial charge < -0.3 is 14.8 Å². The Kier molecular flexibility index (Phi) is 5.99. The van der Waals surface area contributed by atoms with Gasteiger partial charge in [0.25, 0.3) is 5.91 Å². The van der Waals surface area contributed by atoms with Gasteiger partial charge in [0, 0.05) is 5.56 Å². The van der Waals surface area contributed by atoms with Gasteiger partial charge in [-0.25, -0.2) is 4.39 Å². The predicted molar refractivity (Wildman–Crippen MR) is 99.1 cm³/mol. The molecular formula is C21H18FNO4. The number of fused-ring (bicyclic) bond motifs is 1. The minimum Gasteiger partial charge on any atom is -0.490 e. The van der Waals surface area contributed by atoms with E-state index < -0.39 is 5.97 Å². The molecule has 27 heavy (non-hydrogen) atoms. The Bertz CT molecular complexity index is 940. The van der Waals surface area contributed by atoms with Crippen LogP contribution in [0.25, 0.3) is 10.8 Å². The van der Waals surface area contributed by atoms with Crippen LogP contribution in [0.2, 0.25) is 0 Å². The van der Waals surface area contributed by atoms with Crippen LogP contribution in [0.1, 0.15) is 10.4 Å². The standard InChI is InChI=1S/C21H18FNO4/c22-18-7-9-19(10-8-18)26-11-12-27-20(24)14-23-21(25)17-6-5-15-3-1-2-4-16(15)13-17/h1-10,13H,11-12,14H2,(H,23,25). The first-order valence-corrected chi connectivity index (χ1v) is 8.43. The lowest BCUT2D eigenvalue weighted by Crippen LogP contribution is -2.31. The molecule has 0 bridgehead atoms. The van der Waals surface area contributed by atoms with Gasteiger partial charge in [0.05, 0.1) is 0 Å². The smallest absolute Gasteiger partial charge is 0.325 e. The lowest BCUT2D eigenvalue weighted by molar-refractivity contribution is -0.143. The van der Waals surface area contributed by atoms with Gasteiger partial charge in [0.15, 0.2) is 0 Å². The van der Waals surface area contributed by atoms with E-state index in [9.17, 15) is 14.0 Å². The molecule has 0 aliphatic heterocycles. The summed E-state index contributed by atoms with van der Waals surface area (Å²) in [5.41, 5.74) is 0.473. The van der Waals surface area contributed by atoms with Crippen molar-refractivity contribution in [1.29, 1.82) is 0 Å². The number of carbonyl (C=O) groups is 2. The third-order valence-corrected chi connectivity index (χ3v) is 3.83. The third-order valence-electron chi connectivity index (χ3n) is 3.83. The summed E-state index contributed by atoms with van der Waals surface area (Å²) >= 11 is 0. The van der Waals surface area contributed by atoms with E-state index in [-0.39, 0.29) is 31.5 Å². The number of hydrogen-bond donors (Lipinski definition) is 1. The number of hydrogen-bond acceptors (Lipinski definition) is 4. The molecule has 0 saturated heterocycles. The summed E-state index contributed by atoms with van der Waals surface area (Å²) in [5.74, 6) is -0.778. The molecule has 0 aliphatic carbocycles. The highest BCUT2D eigenvalue weighted by Crippen LogP contribution is 2.15. The van der Waals surface area contributed by atoms with Gasteiger partial charge in [-0.05, 0) is 47.2 Å². The predicted octanol–water partition coefficient (Wildman–Crippen LogP) is 3.33. The molecule has 0 fully saturated rings. The van der Waals surface area contributed by atoms with Gasteiger partial charge in [-0.15, -0.1) is 0 Å². The first-order chi connectivity index (χ1) is 13.1. The Morgan fingerprint density at radius 3 is 2.41 bits per heavy atom. The molecule has 0 radical (unpaired) electrons. The Balaban J connectivity index is 1.40. The molecule has 3 aromatic carbocycles. The quantitative estimate of drug-likeness (QED) is 0.514. The normalized spacial score (nSPS) is 10.4. The molecule has 3 rings (SSSR count). The molecule has 1 N–H and O–H groups in total. The zero-order valence-corrected chi connectivity index (χ0v) is 14.5. The summed E-state index contributed by atoms with van der Waals surface area (Å²) in [5, 5.41) is 4.52. The van der Waals surface area contributed by atoms with E-state index in [2.05, 4.69) is 5.32 Å². The fourth-order valence-corrected chi connectivity index (χ4v) is 2.48.